The van der Waals surface area contributed by atoms with Gasteiger partial charge >= 0.3 is 6.09 Å². The molecule has 0 unspecified atom stereocenters. The van der Waals surface area contributed by atoms with Gasteiger partial charge in [0.2, 0.25) is 0 Å². The number of likely N-dealkylation sites (N-methyl/N-ethyl adjacent to an activating group) is 1. The highest BCUT2D eigenvalue weighted by molar-refractivity contribution is 6.07. The molecule has 2 amide bonds. The van der Waals surface area contributed by atoms with Crippen molar-refractivity contribution < 1.29 is 32.9 Å². The fraction of sp³-hybridized carbons (Fsp3) is 0.588. The highest BCUT2D eigenvalue weighted by Gasteiger charge is 2.39. The Kier molecular flexibility index (Phi) is 10.5. The Hall–Kier alpha value is -4.33. The largest absolute Gasteiger partial charge is 0.493 e. The van der Waals surface area contributed by atoms with E-state index in [0.29, 0.717) is 87.2 Å². The highest BCUT2D eigenvalue weighted by Crippen LogP contribution is 2.41. The standard InChI is InChI=1S/C34H47FN6O7/c1-8-37-20-22(2)41-27-26(29(46-7)28(41)32(37)43)31(42)40(21-23-11-12-24(35)19-25(23)47-18-10-9-17-45-6)36-30(27)38-13-15-39(16-14-38)33(44)48-34(3,4)5/h11-12,19,22H,8-10,13-18,20-21H2,1-7H3/t22-/m0/s1. The summed E-state index contributed by atoms with van der Waals surface area (Å²) in [5, 5.41) is 5.16. The zero-order valence-corrected chi connectivity index (χ0v) is 29.0. The number of rotatable bonds is 11. The first-order valence-electron chi connectivity index (χ1n) is 16.5. The Morgan fingerprint density at radius 1 is 1.06 bits per heavy atom. The molecule has 14 heteroatoms. The van der Waals surface area contributed by atoms with Crippen LogP contribution >= 0.6 is 0 Å². The van der Waals surface area contributed by atoms with Crippen molar-refractivity contribution >= 4 is 28.7 Å². The van der Waals surface area contributed by atoms with Crippen molar-refractivity contribution in [3.05, 3.63) is 45.6 Å². The molecule has 0 saturated carbocycles. The first kappa shape index (κ1) is 35.0. The quantitative estimate of drug-likeness (QED) is 0.275. The second-order valence-electron chi connectivity index (χ2n) is 13.2. The van der Waals surface area contributed by atoms with Crippen molar-refractivity contribution in [2.45, 2.75) is 65.6 Å². The third-order valence-electron chi connectivity index (χ3n) is 8.62. The van der Waals surface area contributed by atoms with E-state index in [2.05, 4.69) is 0 Å². The molecule has 0 radical (unpaired) electrons. The molecule has 0 aliphatic carbocycles. The number of ether oxygens (including phenoxy) is 4. The maximum Gasteiger partial charge on any atom is 0.410 e. The third kappa shape index (κ3) is 7.08. The number of halogens is 1. The lowest BCUT2D eigenvalue weighted by atomic mass is 10.2. The summed E-state index contributed by atoms with van der Waals surface area (Å²) >= 11 is 0. The minimum absolute atomic E-state index is 0.0123. The van der Waals surface area contributed by atoms with Gasteiger partial charge in [0.1, 0.15) is 28.1 Å². The number of carbonyl (C=O) groups is 2. The number of hydrogen-bond acceptors (Lipinski definition) is 9. The van der Waals surface area contributed by atoms with Crippen LogP contribution < -0.4 is 19.9 Å². The average molecular weight is 671 g/mol. The van der Waals surface area contributed by atoms with Gasteiger partial charge in [-0.05, 0) is 53.5 Å². The molecule has 2 aliphatic rings. The summed E-state index contributed by atoms with van der Waals surface area (Å²) in [7, 11) is 3.09. The van der Waals surface area contributed by atoms with Crippen LogP contribution in [-0.4, -0.2) is 108 Å². The number of anilines is 1. The Bertz CT molecular complexity index is 1710. The lowest BCUT2D eigenvalue weighted by molar-refractivity contribution is 0.0240. The van der Waals surface area contributed by atoms with Crippen LogP contribution in [0.3, 0.4) is 0 Å². The van der Waals surface area contributed by atoms with E-state index >= 15 is 0 Å². The van der Waals surface area contributed by atoms with Crippen molar-refractivity contribution in [1.29, 1.82) is 0 Å². The molecule has 0 bridgehead atoms. The Morgan fingerprint density at radius 3 is 2.42 bits per heavy atom. The first-order valence-corrected chi connectivity index (χ1v) is 16.5. The zero-order valence-electron chi connectivity index (χ0n) is 29.0. The van der Waals surface area contributed by atoms with Crippen molar-refractivity contribution in [2.75, 3.05) is 71.6 Å². The normalized spacial score (nSPS) is 16.8. The summed E-state index contributed by atoms with van der Waals surface area (Å²) < 4.78 is 40.1. The van der Waals surface area contributed by atoms with Crippen LogP contribution in [0.15, 0.2) is 23.0 Å². The van der Waals surface area contributed by atoms with Crippen LogP contribution in [0.5, 0.6) is 11.5 Å². The number of methoxy groups -OCH3 is 2. The molecule has 2 aliphatic heterocycles. The fourth-order valence-electron chi connectivity index (χ4n) is 6.30. The zero-order chi connectivity index (χ0) is 34.7. The minimum Gasteiger partial charge on any atom is -0.493 e. The SMILES string of the molecule is CCN1C[C@H](C)n2c(c(OC)c3c(=O)n(Cc4ccc(F)cc4OCCCCOC)nc(N4CCN(C(=O)OC(C)(C)C)CC4)c32)C1=O. The van der Waals surface area contributed by atoms with E-state index in [1.54, 1.807) is 23.0 Å². The summed E-state index contributed by atoms with van der Waals surface area (Å²) in [6.07, 6.45) is 1.11. The van der Waals surface area contributed by atoms with Crippen molar-refractivity contribution in [3.63, 3.8) is 0 Å². The number of unbranched alkanes of at least 4 members (excludes halogenated alkanes) is 1. The van der Waals surface area contributed by atoms with Gasteiger partial charge in [-0.1, -0.05) is 6.07 Å². The second kappa shape index (κ2) is 14.4. The lowest BCUT2D eigenvalue weighted by Gasteiger charge is -2.37. The van der Waals surface area contributed by atoms with Crippen molar-refractivity contribution in [1.82, 2.24) is 24.1 Å². The van der Waals surface area contributed by atoms with E-state index < -0.39 is 23.1 Å². The number of fused-ring (bicyclic) bond motifs is 3. The van der Waals surface area contributed by atoms with Gasteiger partial charge in [-0.15, -0.1) is 5.10 Å². The van der Waals surface area contributed by atoms with E-state index in [-0.39, 0.29) is 29.6 Å². The third-order valence-corrected chi connectivity index (χ3v) is 8.62. The molecule has 5 rings (SSSR count). The van der Waals surface area contributed by atoms with Gasteiger partial charge in [0.25, 0.3) is 11.5 Å². The molecule has 262 valence electrons. The predicted molar refractivity (Wildman–Crippen MR) is 179 cm³/mol. The summed E-state index contributed by atoms with van der Waals surface area (Å²) in [5.74, 6) is 0.326. The van der Waals surface area contributed by atoms with E-state index in [4.69, 9.17) is 24.0 Å². The van der Waals surface area contributed by atoms with Crippen LogP contribution in [0.2, 0.25) is 0 Å². The minimum atomic E-state index is -0.624. The monoisotopic (exact) mass is 670 g/mol. The molecular formula is C34H47FN6O7. The van der Waals surface area contributed by atoms with Gasteiger partial charge in [-0.3, -0.25) is 9.59 Å². The summed E-state index contributed by atoms with van der Waals surface area (Å²) in [6.45, 7) is 12.9. The van der Waals surface area contributed by atoms with Crippen LogP contribution in [0.4, 0.5) is 15.0 Å². The average Bonchev–Trinajstić information content (AvgIpc) is 3.41. The first-order chi connectivity index (χ1) is 22.9. The van der Waals surface area contributed by atoms with Crippen LogP contribution in [0, 0.1) is 5.82 Å². The van der Waals surface area contributed by atoms with Gasteiger partial charge in [0.15, 0.2) is 17.3 Å². The smallest absolute Gasteiger partial charge is 0.410 e. The van der Waals surface area contributed by atoms with E-state index in [9.17, 15) is 18.8 Å². The lowest BCUT2D eigenvalue weighted by Crippen LogP contribution is -2.50. The molecule has 1 atom stereocenters. The molecule has 1 aromatic carbocycles. The Morgan fingerprint density at radius 2 is 1.77 bits per heavy atom. The highest BCUT2D eigenvalue weighted by atomic mass is 19.1. The summed E-state index contributed by atoms with van der Waals surface area (Å²) in [5.41, 5.74) is 0.320. The molecule has 4 heterocycles. The van der Waals surface area contributed by atoms with Crippen LogP contribution in [-0.2, 0) is 16.0 Å². The second-order valence-corrected chi connectivity index (χ2v) is 13.2. The molecule has 0 spiro atoms. The number of amides is 2. The summed E-state index contributed by atoms with van der Waals surface area (Å²) in [4.78, 5) is 46.4. The molecule has 1 saturated heterocycles. The Labute approximate surface area is 280 Å². The molecule has 2 aromatic heterocycles. The number of nitrogens with zero attached hydrogens (tertiary/aromatic N) is 6. The number of carbonyl (C=O) groups excluding carboxylic acids is 2. The number of piperazine rings is 1. The van der Waals surface area contributed by atoms with E-state index in [0.717, 1.165) is 6.42 Å². The van der Waals surface area contributed by atoms with Gasteiger partial charge in [0, 0.05) is 70.7 Å². The van der Waals surface area contributed by atoms with Crippen molar-refractivity contribution in [2.24, 2.45) is 0 Å². The number of benzene rings is 1. The van der Waals surface area contributed by atoms with Gasteiger partial charge in [0.05, 0.1) is 20.3 Å². The van der Waals surface area contributed by atoms with Gasteiger partial charge in [-0.2, -0.15) is 0 Å². The number of aromatic nitrogens is 3. The molecule has 0 N–H and O–H groups in total. The van der Waals surface area contributed by atoms with Crippen LogP contribution in [0.1, 0.15) is 69.6 Å². The van der Waals surface area contributed by atoms with Crippen LogP contribution in [0.25, 0.3) is 10.9 Å². The molecule has 1 fully saturated rings. The molecular weight excluding hydrogens is 623 g/mol. The maximum atomic E-state index is 14.4. The van der Waals surface area contributed by atoms with Gasteiger partial charge in [-0.25, -0.2) is 13.9 Å². The number of hydrogen-bond donors (Lipinski definition) is 0. The molecule has 3 aromatic rings. The van der Waals surface area contributed by atoms with E-state index in [1.165, 1.54) is 23.9 Å². The maximum absolute atomic E-state index is 14.4. The predicted octanol–water partition coefficient (Wildman–Crippen LogP) is 4.29. The Balaban J connectivity index is 1.60. The fourth-order valence-corrected chi connectivity index (χ4v) is 6.30. The molecule has 13 nitrogen and oxygen atoms in total. The summed E-state index contributed by atoms with van der Waals surface area (Å²) in [6, 6.07) is 4.05. The van der Waals surface area contributed by atoms with E-state index in [1.807, 2.05) is 44.1 Å². The van der Waals surface area contributed by atoms with Crippen molar-refractivity contribution in [3.8, 4) is 11.5 Å². The van der Waals surface area contributed by atoms with Gasteiger partial charge < -0.3 is 38.2 Å². The molecule has 48 heavy (non-hydrogen) atoms. The topological polar surface area (TPSA) is 121 Å².